The molecule has 0 bridgehead atoms. The number of hydrogen-bond acceptors (Lipinski definition) is 3. The average Bonchev–Trinajstić information content (AvgIpc) is 2.67. The van der Waals surface area contributed by atoms with E-state index in [0.29, 0.717) is 0 Å². The van der Waals surface area contributed by atoms with Gasteiger partial charge >= 0.3 is 0 Å². The van der Waals surface area contributed by atoms with Crippen LogP contribution in [0.3, 0.4) is 0 Å². The van der Waals surface area contributed by atoms with Crippen LogP contribution in [-0.2, 0) is 0 Å². The second-order valence-corrected chi connectivity index (χ2v) is 4.95. The first-order valence-electron chi connectivity index (χ1n) is 5.17. The van der Waals surface area contributed by atoms with Gasteiger partial charge in [-0.15, -0.1) is 11.3 Å². The summed E-state index contributed by atoms with van der Waals surface area (Å²) in [6.45, 7) is 4.16. The minimum absolute atomic E-state index is 1.05. The van der Waals surface area contributed by atoms with Crippen molar-refractivity contribution >= 4 is 23.2 Å². The van der Waals surface area contributed by atoms with Gasteiger partial charge in [0.1, 0.15) is 0 Å². The lowest BCUT2D eigenvalue weighted by molar-refractivity contribution is 1.31. The van der Waals surface area contributed by atoms with E-state index in [9.17, 15) is 0 Å². The zero-order chi connectivity index (χ0) is 11.4. The maximum atomic E-state index is 4.22. The number of hydrazone groups is 1. The molecule has 0 atom stereocenters. The van der Waals surface area contributed by atoms with Gasteiger partial charge in [0.15, 0.2) is 0 Å². The van der Waals surface area contributed by atoms with Gasteiger partial charge in [0.05, 0.1) is 11.9 Å². The Labute approximate surface area is 99.6 Å². The summed E-state index contributed by atoms with van der Waals surface area (Å²) in [5.41, 5.74) is 5.29. The minimum Gasteiger partial charge on any atom is -0.278 e. The minimum atomic E-state index is 1.05. The molecule has 0 aliphatic heterocycles. The molecule has 0 aliphatic rings. The maximum absolute atomic E-state index is 4.22. The predicted octanol–water partition coefficient (Wildman–Crippen LogP) is 3.81. The van der Waals surface area contributed by atoms with E-state index in [1.807, 2.05) is 24.4 Å². The van der Waals surface area contributed by atoms with Gasteiger partial charge in [-0.2, -0.15) is 5.10 Å². The van der Waals surface area contributed by atoms with Crippen molar-refractivity contribution < 1.29 is 0 Å². The number of rotatable bonds is 3. The highest BCUT2D eigenvalue weighted by Gasteiger charge is 1.94. The van der Waals surface area contributed by atoms with Crippen LogP contribution in [0.25, 0.3) is 0 Å². The second-order valence-electron chi connectivity index (χ2n) is 3.63. The molecule has 3 heteroatoms. The highest BCUT2D eigenvalue weighted by atomic mass is 32.1. The van der Waals surface area contributed by atoms with Crippen LogP contribution in [-0.4, -0.2) is 6.21 Å². The van der Waals surface area contributed by atoms with E-state index in [1.165, 1.54) is 15.3 Å². The zero-order valence-corrected chi connectivity index (χ0v) is 10.2. The van der Waals surface area contributed by atoms with Crippen molar-refractivity contribution in [3.8, 4) is 0 Å². The van der Waals surface area contributed by atoms with Crippen LogP contribution in [0.1, 0.15) is 15.3 Å². The van der Waals surface area contributed by atoms with Crippen molar-refractivity contribution in [2.24, 2.45) is 5.10 Å². The Morgan fingerprint density at radius 2 is 1.94 bits per heavy atom. The molecule has 0 aliphatic carbocycles. The Morgan fingerprint density at radius 1 is 1.12 bits per heavy atom. The van der Waals surface area contributed by atoms with Crippen LogP contribution >= 0.6 is 11.3 Å². The number of para-hydroxylation sites is 1. The molecule has 1 heterocycles. The van der Waals surface area contributed by atoms with Crippen molar-refractivity contribution in [1.29, 1.82) is 0 Å². The molecule has 0 unspecified atom stereocenters. The van der Waals surface area contributed by atoms with Crippen molar-refractivity contribution in [1.82, 2.24) is 0 Å². The van der Waals surface area contributed by atoms with Crippen LogP contribution in [0, 0.1) is 13.8 Å². The number of thiophene rings is 1. The van der Waals surface area contributed by atoms with E-state index in [4.69, 9.17) is 0 Å². The Balaban J connectivity index is 2.02. The number of nitrogens with zero attached hydrogens (tertiary/aromatic N) is 1. The summed E-state index contributed by atoms with van der Waals surface area (Å²) >= 11 is 1.74. The lowest BCUT2D eigenvalue weighted by Gasteiger charge is -2.02. The third-order valence-electron chi connectivity index (χ3n) is 2.28. The van der Waals surface area contributed by atoms with Crippen LogP contribution < -0.4 is 5.43 Å². The molecule has 2 aromatic rings. The van der Waals surface area contributed by atoms with Crippen molar-refractivity contribution in [2.75, 3.05) is 5.43 Å². The molecule has 2 nitrogen and oxygen atoms in total. The fourth-order valence-electron chi connectivity index (χ4n) is 1.39. The molecule has 0 amide bonds. The Kier molecular flexibility index (Phi) is 3.37. The smallest absolute Gasteiger partial charge is 0.0644 e. The topological polar surface area (TPSA) is 24.4 Å². The molecule has 1 aromatic carbocycles. The third-order valence-corrected chi connectivity index (χ3v) is 3.22. The normalized spacial score (nSPS) is 10.9. The molecule has 82 valence electrons. The highest BCUT2D eigenvalue weighted by Crippen LogP contribution is 2.14. The number of nitrogens with one attached hydrogen (secondary N) is 1. The fraction of sp³-hybridized carbons (Fsp3) is 0.154. The maximum Gasteiger partial charge on any atom is 0.0644 e. The molecule has 0 saturated carbocycles. The van der Waals surface area contributed by atoms with Gasteiger partial charge in [-0.1, -0.05) is 18.2 Å². The number of anilines is 1. The Bertz CT molecular complexity index is 500. The predicted molar refractivity (Wildman–Crippen MR) is 71.5 cm³/mol. The molecule has 16 heavy (non-hydrogen) atoms. The van der Waals surface area contributed by atoms with Crippen LogP contribution in [0.15, 0.2) is 41.5 Å². The zero-order valence-electron chi connectivity index (χ0n) is 9.40. The third kappa shape index (κ3) is 2.70. The van der Waals surface area contributed by atoms with Gasteiger partial charge in [0.2, 0.25) is 0 Å². The van der Waals surface area contributed by atoms with E-state index < -0.39 is 0 Å². The Hall–Kier alpha value is -1.61. The number of hydrogen-bond donors (Lipinski definition) is 1. The molecular weight excluding hydrogens is 216 g/mol. The van der Waals surface area contributed by atoms with E-state index in [-0.39, 0.29) is 0 Å². The summed E-state index contributed by atoms with van der Waals surface area (Å²) in [6, 6.07) is 12.3. The van der Waals surface area contributed by atoms with E-state index in [0.717, 1.165) is 5.69 Å². The average molecular weight is 230 g/mol. The standard InChI is InChI=1S/C13H14N2S/c1-10-5-3-4-6-13(10)15-14-9-12-8-7-11(2)16-12/h3-9,15H,1-2H3/b14-9-. The first-order chi connectivity index (χ1) is 7.75. The monoisotopic (exact) mass is 230 g/mol. The van der Waals surface area contributed by atoms with Gasteiger partial charge in [0, 0.05) is 9.75 Å². The van der Waals surface area contributed by atoms with Gasteiger partial charge < -0.3 is 0 Å². The molecule has 0 radical (unpaired) electrons. The summed E-state index contributed by atoms with van der Waals surface area (Å²) in [5.74, 6) is 0. The van der Waals surface area contributed by atoms with Gasteiger partial charge in [-0.05, 0) is 37.6 Å². The Morgan fingerprint density at radius 3 is 2.62 bits per heavy atom. The SMILES string of the molecule is Cc1ccc(/C=N\Nc2ccccc2C)s1. The molecule has 1 N–H and O–H groups in total. The summed E-state index contributed by atoms with van der Waals surface area (Å²) in [7, 11) is 0. The largest absolute Gasteiger partial charge is 0.278 e. The summed E-state index contributed by atoms with van der Waals surface area (Å²) in [5, 5.41) is 4.22. The summed E-state index contributed by atoms with van der Waals surface area (Å²) < 4.78 is 0. The van der Waals surface area contributed by atoms with E-state index in [2.05, 4.69) is 42.6 Å². The molecule has 0 fully saturated rings. The van der Waals surface area contributed by atoms with Crippen LogP contribution in [0.5, 0.6) is 0 Å². The van der Waals surface area contributed by atoms with E-state index >= 15 is 0 Å². The van der Waals surface area contributed by atoms with Crippen LogP contribution in [0.4, 0.5) is 5.69 Å². The molecule has 2 rings (SSSR count). The molecule has 0 spiro atoms. The fourth-order valence-corrected chi connectivity index (χ4v) is 2.14. The quantitative estimate of drug-likeness (QED) is 0.629. The van der Waals surface area contributed by atoms with Gasteiger partial charge in [-0.3, -0.25) is 5.43 Å². The first kappa shape index (κ1) is 10.9. The van der Waals surface area contributed by atoms with Crippen molar-refractivity contribution in [3.05, 3.63) is 51.7 Å². The summed E-state index contributed by atoms with van der Waals surface area (Å²) in [4.78, 5) is 2.47. The number of aryl methyl sites for hydroxylation is 2. The summed E-state index contributed by atoms with van der Waals surface area (Å²) in [6.07, 6.45) is 1.85. The molecule has 0 saturated heterocycles. The second kappa shape index (κ2) is 4.94. The van der Waals surface area contributed by atoms with E-state index in [1.54, 1.807) is 11.3 Å². The lowest BCUT2D eigenvalue weighted by atomic mass is 10.2. The molecule has 1 aromatic heterocycles. The van der Waals surface area contributed by atoms with Crippen molar-refractivity contribution in [3.63, 3.8) is 0 Å². The highest BCUT2D eigenvalue weighted by molar-refractivity contribution is 7.13. The van der Waals surface area contributed by atoms with Crippen LogP contribution in [0.2, 0.25) is 0 Å². The lowest BCUT2D eigenvalue weighted by Crippen LogP contribution is -1.91. The number of benzene rings is 1. The molecular formula is C13H14N2S. The van der Waals surface area contributed by atoms with Crippen molar-refractivity contribution in [2.45, 2.75) is 13.8 Å². The first-order valence-corrected chi connectivity index (χ1v) is 5.98. The van der Waals surface area contributed by atoms with Gasteiger partial charge in [-0.25, -0.2) is 0 Å². The van der Waals surface area contributed by atoms with Gasteiger partial charge in [0.25, 0.3) is 0 Å².